The molecule has 6 heteroatoms. The fourth-order valence-electron chi connectivity index (χ4n) is 1.39. The van der Waals surface area contributed by atoms with Crippen molar-refractivity contribution in [1.82, 2.24) is 4.37 Å². The number of rotatable bonds is 2. The molecule has 0 saturated heterocycles. The van der Waals surface area contributed by atoms with Crippen molar-refractivity contribution in [2.75, 3.05) is 0 Å². The number of halogens is 2. The Hall–Kier alpha value is -1.56. The maximum Gasteiger partial charge on any atom is 0.335 e. The third-order valence-electron chi connectivity index (χ3n) is 2.13. The first kappa shape index (κ1) is 10.9. The van der Waals surface area contributed by atoms with Gasteiger partial charge in [-0.3, -0.25) is 0 Å². The zero-order valence-corrected chi connectivity index (χ0v) is 9.02. The zero-order chi connectivity index (χ0) is 11.9. The number of nitrogens with zero attached hydrogens (tertiary/aromatic N) is 1. The number of hydrogen-bond acceptors (Lipinski definition) is 3. The van der Waals surface area contributed by atoms with E-state index in [-0.39, 0.29) is 16.6 Å². The minimum Gasteiger partial charge on any atom is -0.478 e. The second-order valence-electron chi connectivity index (χ2n) is 3.44. The van der Waals surface area contributed by atoms with E-state index < -0.39 is 11.9 Å². The SMILES string of the molecule is CC(F)(F)c1nsc2ccc(C(=O)O)cc12. The van der Waals surface area contributed by atoms with Crippen molar-refractivity contribution >= 4 is 27.6 Å². The monoisotopic (exact) mass is 243 g/mol. The molecule has 1 aromatic heterocycles. The molecule has 0 fully saturated rings. The highest BCUT2D eigenvalue weighted by molar-refractivity contribution is 7.13. The van der Waals surface area contributed by atoms with Crippen LogP contribution in [0.15, 0.2) is 18.2 Å². The molecule has 0 aliphatic carbocycles. The largest absolute Gasteiger partial charge is 0.478 e. The summed E-state index contributed by atoms with van der Waals surface area (Å²) in [5.74, 6) is -4.20. The summed E-state index contributed by atoms with van der Waals surface area (Å²) in [6.07, 6.45) is 0. The molecule has 1 N–H and O–H groups in total. The molecular formula is C10H7F2NO2S. The summed E-state index contributed by atoms with van der Waals surface area (Å²) in [7, 11) is 0. The fourth-order valence-corrected chi connectivity index (χ4v) is 2.22. The minimum atomic E-state index is -3.06. The van der Waals surface area contributed by atoms with Crippen LogP contribution in [-0.2, 0) is 5.92 Å². The van der Waals surface area contributed by atoms with Crippen LogP contribution in [0.1, 0.15) is 23.0 Å². The smallest absolute Gasteiger partial charge is 0.335 e. The first-order valence-corrected chi connectivity index (χ1v) is 5.18. The Balaban J connectivity index is 2.70. The summed E-state index contributed by atoms with van der Waals surface area (Å²) < 4.78 is 30.5. The lowest BCUT2D eigenvalue weighted by Crippen LogP contribution is -2.07. The summed E-state index contributed by atoms with van der Waals surface area (Å²) in [4.78, 5) is 10.7. The predicted molar refractivity (Wildman–Crippen MR) is 56.1 cm³/mol. The molecule has 1 aromatic carbocycles. The highest BCUT2D eigenvalue weighted by Crippen LogP contribution is 2.34. The second-order valence-corrected chi connectivity index (χ2v) is 4.24. The van der Waals surface area contributed by atoms with Crippen LogP contribution in [-0.4, -0.2) is 15.4 Å². The predicted octanol–water partition coefficient (Wildman–Crippen LogP) is 3.11. The summed E-state index contributed by atoms with van der Waals surface area (Å²) in [6.45, 7) is 0.745. The average Bonchev–Trinajstić information content (AvgIpc) is 2.58. The highest BCUT2D eigenvalue weighted by Gasteiger charge is 2.30. The van der Waals surface area contributed by atoms with Gasteiger partial charge in [-0.2, -0.15) is 13.2 Å². The van der Waals surface area contributed by atoms with Gasteiger partial charge in [-0.1, -0.05) is 0 Å². The zero-order valence-electron chi connectivity index (χ0n) is 8.20. The number of aromatic carboxylic acids is 1. The van der Waals surface area contributed by atoms with E-state index in [1.54, 1.807) is 0 Å². The maximum atomic E-state index is 13.1. The Kier molecular flexibility index (Phi) is 2.38. The van der Waals surface area contributed by atoms with Crippen LogP contribution in [0.2, 0.25) is 0 Å². The molecule has 2 aromatic rings. The van der Waals surface area contributed by atoms with Crippen LogP contribution >= 0.6 is 11.5 Å². The van der Waals surface area contributed by atoms with E-state index >= 15 is 0 Å². The van der Waals surface area contributed by atoms with Crippen LogP contribution in [0, 0.1) is 0 Å². The minimum absolute atomic E-state index is 0.0156. The van der Waals surface area contributed by atoms with Crippen LogP contribution in [0.4, 0.5) is 8.78 Å². The molecule has 0 radical (unpaired) electrons. The van der Waals surface area contributed by atoms with Crippen molar-refractivity contribution in [3.05, 3.63) is 29.5 Å². The Morgan fingerprint density at radius 2 is 2.19 bits per heavy atom. The molecule has 84 valence electrons. The molecule has 16 heavy (non-hydrogen) atoms. The molecule has 0 spiro atoms. The molecule has 0 amide bonds. The number of carbonyl (C=O) groups is 1. The first-order chi connectivity index (χ1) is 7.39. The summed E-state index contributed by atoms with van der Waals surface area (Å²) in [5.41, 5.74) is -0.381. The van der Waals surface area contributed by atoms with Crippen molar-refractivity contribution < 1.29 is 18.7 Å². The number of alkyl halides is 2. The standard InChI is InChI=1S/C10H7F2NO2S/c1-10(11,12)8-6-4-5(9(14)15)2-3-7(6)16-13-8/h2-4H,1H3,(H,14,15). The molecular weight excluding hydrogens is 236 g/mol. The molecule has 0 unspecified atom stereocenters. The maximum absolute atomic E-state index is 13.1. The Bertz CT molecular complexity index is 559. The molecule has 0 bridgehead atoms. The number of carboxylic acids is 1. The van der Waals surface area contributed by atoms with E-state index in [2.05, 4.69) is 4.37 Å². The lowest BCUT2D eigenvalue weighted by molar-refractivity contribution is 0.0153. The molecule has 2 rings (SSSR count). The average molecular weight is 243 g/mol. The fraction of sp³-hybridized carbons (Fsp3) is 0.200. The van der Waals surface area contributed by atoms with Gasteiger partial charge in [0.1, 0.15) is 5.69 Å². The van der Waals surface area contributed by atoms with Gasteiger partial charge in [0, 0.05) is 12.3 Å². The summed E-state index contributed by atoms with van der Waals surface area (Å²) in [5, 5.41) is 8.98. The Labute approximate surface area is 93.5 Å². The van der Waals surface area contributed by atoms with Crippen molar-refractivity contribution in [2.24, 2.45) is 0 Å². The number of hydrogen-bond donors (Lipinski definition) is 1. The van der Waals surface area contributed by atoms with Gasteiger partial charge in [0.25, 0.3) is 5.92 Å². The van der Waals surface area contributed by atoms with Gasteiger partial charge in [-0.05, 0) is 29.7 Å². The van der Waals surface area contributed by atoms with Crippen LogP contribution < -0.4 is 0 Å². The molecule has 0 aliphatic rings. The van der Waals surface area contributed by atoms with Crippen LogP contribution in [0.3, 0.4) is 0 Å². The third-order valence-corrected chi connectivity index (χ3v) is 2.96. The van der Waals surface area contributed by atoms with Crippen molar-refractivity contribution in [2.45, 2.75) is 12.8 Å². The quantitative estimate of drug-likeness (QED) is 0.881. The summed E-state index contributed by atoms with van der Waals surface area (Å²) >= 11 is 0.938. The Morgan fingerprint density at radius 1 is 1.50 bits per heavy atom. The molecule has 0 atom stereocenters. The van der Waals surface area contributed by atoms with E-state index in [4.69, 9.17) is 5.11 Å². The van der Waals surface area contributed by atoms with Crippen molar-refractivity contribution in [1.29, 1.82) is 0 Å². The van der Waals surface area contributed by atoms with E-state index in [9.17, 15) is 13.6 Å². The number of carboxylic acid groups (broad SMARTS) is 1. The Morgan fingerprint density at radius 3 is 2.75 bits per heavy atom. The summed E-state index contributed by atoms with van der Waals surface area (Å²) in [6, 6.07) is 4.10. The van der Waals surface area contributed by atoms with E-state index in [1.165, 1.54) is 18.2 Å². The lowest BCUT2D eigenvalue weighted by Gasteiger charge is -2.06. The van der Waals surface area contributed by atoms with Crippen LogP contribution in [0.5, 0.6) is 0 Å². The van der Waals surface area contributed by atoms with Gasteiger partial charge in [0.05, 0.1) is 10.3 Å². The van der Waals surface area contributed by atoms with Crippen LogP contribution in [0.25, 0.3) is 10.1 Å². The van der Waals surface area contributed by atoms with Gasteiger partial charge in [-0.25, -0.2) is 4.79 Å². The van der Waals surface area contributed by atoms with E-state index in [1.807, 2.05) is 0 Å². The number of fused-ring (bicyclic) bond motifs is 1. The molecule has 3 nitrogen and oxygen atoms in total. The van der Waals surface area contributed by atoms with Gasteiger partial charge < -0.3 is 5.11 Å². The van der Waals surface area contributed by atoms with E-state index in [0.29, 0.717) is 4.70 Å². The normalized spacial score (nSPS) is 11.9. The van der Waals surface area contributed by atoms with Crippen molar-refractivity contribution in [3.63, 3.8) is 0 Å². The van der Waals surface area contributed by atoms with Gasteiger partial charge >= 0.3 is 5.97 Å². The second kappa shape index (κ2) is 3.48. The number of aromatic nitrogens is 1. The molecule has 0 aliphatic heterocycles. The highest BCUT2D eigenvalue weighted by atomic mass is 32.1. The lowest BCUT2D eigenvalue weighted by atomic mass is 10.1. The molecule has 0 saturated carbocycles. The number of benzene rings is 1. The van der Waals surface area contributed by atoms with Gasteiger partial charge in [0.15, 0.2) is 0 Å². The topological polar surface area (TPSA) is 50.2 Å². The van der Waals surface area contributed by atoms with Gasteiger partial charge in [-0.15, -0.1) is 0 Å². The third kappa shape index (κ3) is 1.76. The van der Waals surface area contributed by atoms with E-state index in [0.717, 1.165) is 18.5 Å². The van der Waals surface area contributed by atoms with Crippen molar-refractivity contribution in [3.8, 4) is 0 Å². The first-order valence-electron chi connectivity index (χ1n) is 4.40. The molecule has 1 heterocycles. The van der Waals surface area contributed by atoms with Gasteiger partial charge in [0.2, 0.25) is 0 Å².